The molecule has 20 nitrogen and oxygen atoms in total. The summed E-state index contributed by atoms with van der Waals surface area (Å²) in [5.41, 5.74) is 7.05. The highest BCUT2D eigenvalue weighted by Crippen LogP contribution is 2.49. The van der Waals surface area contributed by atoms with E-state index in [0.29, 0.717) is 77.6 Å². The van der Waals surface area contributed by atoms with Crippen molar-refractivity contribution in [2.45, 2.75) is 100 Å². The maximum atomic E-state index is 13.7. The number of carbonyl (C=O) groups excluding carboxylic acids is 5. The summed E-state index contributed by atoms with van der Waals surface area (Å²) in [6, 6.07) is 63.8. The molecule has 538 valence electrons. The van der Waals surface area contributed by atoms with Crippen molar-refractivity contribution in [3.63, 3.8) is 0 Å². The Kier molecular flexibility index (Phi) is 22.9. The van der Waals surface area contributed by atoms with Crippen LogP contribution in [0.25, 0.3) is 10.9 Å². The Morgan fingerprint density at radius 2 is 1.16 bits per heavy atom. The fourth-order valence-electron chi connectivity index (χ4n) is 15.1. The second kappa shape index (κ2) is 33.2. The number of aromatic hydroxyl groups is 1. The first-order valence-corrected chi connectivity index (χ1v) is 36.1. The molecule has 6 saturated heterocycles. The number of carbonyl (C=O) groups is 5. The molecule has 7 heterocycles. The zero-order valence-electron chi connectivity index (χ0n) is 58.1. The largest absolute Gasteiger partial charge is 0.545 e. The van der Waals surface area contributed by atoms with Gasteiger partial charge in [-0.2, -0.15) is 0 Å². The molecule has 4 bridgehead atoms. The summed E-state index contributed by atoms with van der Waals surface area (Å²) in [7, 11) is 0. The van der Waals surface area contributed by atoms with E-state index in [-0.39, 0.29) is 59.9 Å². The molecule has 6 aliphatic heterocycles. The second-order valence-electron chi connectivity index (χ2n) is 28.1. The number of unbranched alkanes of at least 4 members (excludes halogenated alkanes) is 1. The molecule has 104 heavy (non-hydrogen) atoms. The number of fused-ring (bicyclic) bond motifs is 7. The van der Waals surface area contributed by atoms with Crippen molar-refractivity contribution in [3.8, 4) is 17.2 Å². The summed E-state index contributed by atoms with van der Waals surface area (Å²) in [5.74, 6) is 0.648. The first-order chi connectivity index (χ1) is 50.6. The van der Waals surface area contributed by atoms with Gasteiger partial charge in [0.15, 0.2) is 6.10 Å². The molecule has 7 aliphatic rings. The summed E-state index contributed by atoms with van der Waals surface area (Å²) in [6.07, 6.45) is 4.78. The van der Waals surface area contributed by atoms with E-state index < -0.39 is 41.8 Å². The lowest BCUT2D eigenvalue weighted by molar-refractivity contribution is -0.938. The Balaban J connectivity index is 0.000000224. The molecule has 2 unspecified atom stereocenters. The van der Waals surface area contributed by atoms with Gasteiger partial charge in [0, 0.05) is 48.9 Å². The number of carboxylic acid groups (broad SMARTS) is 1. The molecule has 5 atom stereocenters. The number of benzene rings is 8. The first-order valence-electron chi connectivity index (χ1n) is 36.1. The van der Waals surface area contributed by atoms with Gasteiger partial charge in [0.1, 0.15) is 49.7 Å². The van der Waals surface area contributed by atoms with Crippen molar-refractivity contribution in [1.29, 1.82) is 0 Å². The number of hydrogen-bond donors (Lipinski definition) is 6. The van der Waals surface area contributed by atoms with E-state index in [4.69, 9.17) is 23.7 Å². The van der Waals surface area contributed by atoms with Crippen LogP contribution < -0.4 is 36.1 Å². The Hall–Kier alpha value is -10.6. The van der Waals surface area contributed by atoms with Crippen LogP contribution in [0.1, 0.15) is 135 Å². The maximum absolute atomic E-state index is 13.7. The van der Waals surface area contributed by atoms with Crippen LogP contribution in [-0.2, 0) is 37.6 Å². The van der Waals surface area contributed by atoms with E-state index in [2.05, 4.69) is 25.8 Å². The molecular weight excluding hydrogens is 1320 g/mol. The van der Waals surface area contributed by atoms with Gasteiger partial charge >= 0.3 is 18.2 Å². The van der Waals surface area contributed by atoms with Gasteiger partial charge in [0.05, 0.1) is 54.8 Å². The van der Waals surface area contributed by atoms with Gasteiger partial charge in [0.2, 0.25) is 11.3 Å². The number of piperidine rings is 6. The summed E-state index contributed by atoms with van der Waals surface area (Å²) in [6.45, 7) is 7.63. The molecule has 1 saturated carbocycles. The van der Waals surface area contributed by atoms with E-state index in [9.17, 15) is 44.1 Å². The minimum atomic E-state index is -1.21. The van der Waals surface area contributed by atoms with Gasteiger partial charge in [-0.25, -0.2) is 9.59 Å². The number of quaternary nitrogens is 1. The average molecular weight is 1410 g/mol. The number of aliphatic hydroxyl groups is 1. The predicted octanol–water partition coefficient (Wildman–Crippen LogP) is 11.3. The van der Waals surface area contributed by atoms with Crippen LogP contribution in [0.3, 0.4) is 0 Å². The van der Waals surface area contributed by atoms with Gasteiger partial charge in [-0.3, -0.25) is 19.3 Å². The van der Waals surface area contributed by atoms with E-state index in [1.54, 1.807) is 24.3 Å². The third kappa shape index (κ3) is 17.9. The third-order valence-electron chi connectivity index (χ3n) is 21.1. The van der Waals surface area contributed by atoms with Crippen molar-refractivity contribution in [2.75, 3.05) is 65.5 Å². The van der Waals surface area contributed by atoms with Crippen LogP contribution in [0.15, 0.2) is 217 Å². The number of alkyl carbamates (subject to hydrolysis) is 2. The van der Waals surface area contributed by atoms with Crippen LogP contribution >= 0.6 is 0 Å². The van der Waals surface area contributed by atoms with E-state index in [0.717, 1.165) is 122 Å². The number of pyridine rings is 1. The van der Waals surface area contributed by atoms with Gasteiger partial charge < -0.3 is 69.2 Å². The van der Waals surface area contributed by atoms with Gasteiger partial charge in [-0.05, 0) is 151 Å². The monoisotopic (exact) mass is 1400 g/mol. The molecule has 1 aliphatic carbocycles. The number of nitrogens with one attached hydrogen (secondary N) is 4. The number of rotatable bonds is 28. The number of amides is 2. The maximum Gasteiger partial charge on any atom is 0.408 e. The number of ether oxygens (including phenoxy) is 5. The number of hydrogen-bond acceptors (Lipinski definition) is 16. The molecule has 0 radical (unpaired) electrons. The van der Waals surface area contributed by atoms with Crippen LogP contribution in [0, 0.1) is 11.8 Å². The molecule has 6 N–H and O–H groups in total. The molecule has 2 amide bonds. The van der Waals surface area contributed by atoms with Gasteiger partial charge in [0.25, 0.3) is 0 Å². The Bertz CT molecular complexity index is 4480. The summed E-state index contributed by atoms with van der Waals surface area (Å²) >= 11 is 0. The number of ketones is 1. The zero-order valence-corrected chi connectivity index (χ0v) is 58.1. The standard InChI is InChI=1S/C55H58N4O9.C29H30N2O5/c60-46-22-20-44(45-21-23-50(63)57-52(45)46)47(61)33-56-28-7-8-31-66-53(64)55(26-27-55)42-18-16-37(17-19-42)36-67-43-15-9-14-41(32-43)51(40-12-5-2-6-13-40)58-54(65)68-49-35-59(29-24-39(49)25-30-59)34-48(62)38-10-3-1-4-11-38;32-28(33)23-11-9-20(10-12-23)19-35-25-8-4-7-24(17-25)27(22-5-2-1-3-6-22)30-29(34)36-26-18-31-15-13-21(26)14-16-31/h1-6,9-23,32,39,47,49,51,56,61H,7-8,24-31,33-36H2,(H2-,57,58,60,63,65);1-12,17,21,26-27H,13-16,18-19H2,(H,30,34)(H,32,33)/t39?,47-,49-,51?,59?;26-,27?/m00/s1. The van der Waals surface area contributed by atoms with E-state index in [1.807, 2.05) is 164 Å². The summed E-state index contributed by atoms with van der Waals surface area (Å²) in [5, 5.41) is 41.9. The number of aliphatic hydroxyl groups excluding tert-OH is 1. The fourth-order valence-corrected chi connectivity index (χ4v) is 15.1. The lowest BCUT2D eigenvalue weighted by Gasteiger charge is -2.51. The lowest BCUT2D eigenvalue weighted by Crippen LogP contribution is -2.66. The molecule has 1 aromatic heterocycles. The van der Waals surface area contributed by atoms with E-state index in [1.165, 1.54) is 24.3 Å². The van der Waals surface area contributed by atoms with Crippen LogP contribution in [0.2, 0.25) is 0 Å². The molecule has 7 fully saturated rings. The summed E-state index contributed by atoms with van der Waals surface area (Å²) in [4.78, 5) is 80.9. The predicted molar refractivity (Wildman–Crippen MR) is 390 cm³/mol. The number of aromatic nitrogens is 1. The van der Waals surface area contributed by atoms with Gasteiger partial charge in [-0.15, -0.1) is 0 Å². The SMILES string of the molecule is O=C(NC(c1ccccc1)c1cccc(OCc2ccc(C(=O)[O-])cc2)c1)O[C@H]1CN2CCC1CC2.O=C(NC(c1ccccc1)c1cccc(OCc2ccc(C3(C(=O)OCCCCNC[C@H](O)c4ccc(O)c5[nH]c(=O)ccc45)CC3)cc2)c1)O[C@H]1C[N+]2(CC(=O)c3ccccc3)CCC1CC2. The number of aromatic amines is 1. The van der Waals surface area contributed by atoms with Crippen LogP contribution in [-0.4, -0.2) is 132 Å². The molecule has 0 spiro atoms. The first kappa shape index (κ1) is 71.7. The second-order valence-corrected chi connectivity index (χ2v) is 28.1. The molecule has 16 rings (SSSR count). The number of Topliss-reactive ketones (excluding diaryl/α,β-unsaturated/α-hetero) is 1. The van der Waals surface area contributed by atoms with Crippen LogP contribution in [0.4, 0.5) is 9.59 Å². The normalized spacial score (nSPS) is 20.5. The molecule has 20 heteroatoms. The highest BCUT2D eigenvalue weighted by atomic mass is 16.6. The zero-order chi connectivity index (χ0) is 72.0. The van der Waals surface area contributed by atoms with Crippen molar-refractivity contribution < 1.29 is 67.5 Å². The number of H-pyrrole nitrogens is 1. The highest BCUT2D eigenvalue weighted by molar-refractivity contribution is 5.97. The summed E-state index contributed by atoms with van der Waals surface area (Å²) < 4.78 is 30.8. The quantitative estimate of drug-likeness (QED) is 0.00875. The third-order valence-corrected chi connectivity index (χ3v) is 21.1. The van der Waals surface area contributed by atoms with E-state index >= 15 is 0 Å². The highest BCUT2D eigenvalue weighted by Gasteiger charge is 2.53. The average Bonchev–Trinajstić information content (AvgIpc) is 1.68. The van der Waals surface area contributed by atoms with Crippen molar-refractivity contribution in [2.24, 2.45) is 11.8 Å². The Labute approximate surface area is 604 Å². The number of aromatic carboxylic acids is 1. The number of nitrogens with zero attached hydrogens (tertiary/aromatic N) is 2. The lowest BCUT2D eigenvalue weighted by atomic mass is 9.83. The smallest absolute Gasteiger partial charge is 0.408 e. The van der Waals surface area contributed by atoms with Crippen molar-refractivity contribution in [1.82, 2.24) is 25.8 Å². The Morgan fingerprint density at radius 3 is 1.73 bits per heavy atom. The minimum Gasteiger partial charge on any atom is -0.545 e. The van der Waals surface area contributed by atoms with Crippen LogP contribution in [0.5, 0.6) is 17.2 Å². The fraction of sp³-hybridized carbons (Fsp3) is 0.333. The molecule has 9 aromatic rings. The van der Waals surface area contributed by atoms with Gasteiger partial charge in [-0.1, -0.05) is 170 Å². The number of phenolic OH excluding ortho intramolecular Hbond substituents is 1. The Morgan fingerprint density at radius 1 is 0.606 bits per heavy atom. The minimum absolute atomic E-state index is 0.0539. The topological polar surface area (TPSA) is 267 Å². The van der Waals surface area contributed by atoms with Crippen molar-refractivity contribution in [3.05, 3.63) is 278 Å². The number of phenols is 1. The molecule has 8 aromatic carbocycles. The van der Waals surface area contributed by atoms with Crippen molar-refractivity contribution >= 4 is 40.8 Å². The number of carboxylic acids is 1. The number of esters is 1. The molecular formula is C84H88N6O14.